The number of carbonyl (C=O) groups excluding carboxylic acids is 1. The second-order valence-corrected chi connectivity index (χ2v) is 7.01. The van der Waals surface area contributed by atoms with Crippen molar-refractivity contribution >= 4 is 17.5 Å². The standard InChI is InChI=1S/C21H20ClN3O3/c22-18-9-17(10-19-21(18)28-8-7-27-19)11-20(26)24-12-15-1-3-16(4-2-15)13-25-6-5-23-14-25/h1-6,9-10,14H,7-8,11-13H2,(H,24,26). The van der Waals surface area contributed by atoms with Crippen LogP contribution in [0.3, 0.4) is 0 Å². The maximum Gasteiger partial charge on any atom is 0.224 e. The monoisotopic (exact) mass is 397 g/mol. The molecule has 28 heavy (non-hydrogen) atoms. The molecule has 0 spiro atoms. The van der Waals surface area contributed by atoms with Gasteiger partial charge in [-0.2, -0.15) is 0 Å². The minimum absolute atomic E-state index is 0.0739. The average Bonchev–Trinajstić information content (AvgIpc) is 3.21. The second kappa shape index (κ2) is 8.35. The number of hydrogen-bond acceptors (Lipinski definition) is 4. The average molecular weight is 398 g/mol. The molecule has 0 fully saturated rings. The molecule has 6 nitrogen and oxygen atoms in total. The van der Waals surface area contributed by atoms with Gasteiger partial charge in [-0.25, -0.2) is 4.98 Å². The normalized spacial score (nSPS) is 12.6. The number of carbonyl (C=O) groups is 1. The highest BCUT2D eigenvalue weighted by atomic mass is 35.5. The third kappa shape index (κ3) is 4.46. The van der Waals surface area contributed by atoms with E-state index < -0.39 is 0 Å². The van der Waals surface area contributed by atoms with Crippen LogP contribution < -0.4 is 14.8 Å². The van der Waals surface area contributed by atoms with Crippen molar-refractivity contribution in [2.45, 2.75) is 19.5 Å². The number of imidazole rings is 1. The first-order chi connectivity index (χ1) is 13.7. The molecule has 1 aromatic heterocycles. The molecule has 2 aromatic carbocycles. The first-order valence-electron chi connectivity index (χ1n) is 9.05. The number of hydrogen-bond donors (Lipinski definition) is 1. The molecule has 3 aromatic rings. The van der Waals surface area contributed by atoms with Crippen LogP contribution in [-0.2, 0) is 24.3 Å². The van der Waals surface area contributed by atoms with Crippen molar-refractivity contribution in [3.63, 3.8) is 0 Å². The predicted molar refractivity (Wildman–Crippen MR) is 106 cm³/mol. The van der Waals surface area contributed by atoms with Crippen LogP contribution in [0.15, 0.2) is 55.1 Å². The van der Waals surface area contributed by atoms with Crippen LogP contribution in [0.4, 0.5) is 0 Å². The molecule has 1 amide bonds. The van der Waals surface area contributed by atoms with Crippen molar-refractivity contribution in [2.75, 3.05) is 13.2 Å². The van der Waals surface area contributed by atoms with E-state index in [-0.39, 0.29) is 12.3 Å². The van der Waals surface area contributed by atoms with Crippen LogP contribution in [0.5, 0.6) is 11.5 Å². The zero-order valence-corrected chi connectivity index (χ0v) is 16.0. The van der Waals surface area contributed by atoms with Gasteiger partial charge in [-0.3, -0.25) is 4.79 Å². The van der Waals surface area contributed by atoms with Crippen molar-refractivity contribution < 1.29 is 14.3 Å². The molecular formula is C21H20ClN3O3. The van der Waals surface area contributed by atoms with Gasteiger partial charge in [0.25, 0.3) is 0 Å². The number of halogens is 1. The van der Waals surface area contributed by atoms with Crippen LogP contribution in [0.25, 0.3) is 0 Å². The van der Waals surface area contributed by atoms with Gasteiger partial charge in [0.1, 0.15) is 13.2 Å². The van der Waals surface area contributed by atoms with Gasteiger partial charge >= 0.3 is 0 Å². The zero-order chi connectivity index (χ0) is 19.3. The highest BCUT2D eigenvalue weighted by molar-refractivity contribution is 6.32. The Balaban J connectivity index is 1.31. The molecule has 7 heteroatoms. The fourth-order valence-electron chi connectivity index (χ4n) is 3.07. The molecular weight excluding hydrogens is 378 g/mol. The molecule has 0 aliphatic carbocycles. The molecule has 0 radical (unpaired) electrons. The van der Waals surface area contributed by atoms with E-state index in [1.165, 1.54) is 5.56 Å². The van der Waals surface area contributed by atoms with Crippen LogP contribution in [-0.4, -0.2) is 28.7 Å². The van der Waals surface area contributed by atoms with Crippen molar-refractivity contribution in [3.8, 4) is 11.5 Å². The van der Waals surface area contributed by atoms with Crippen LogP contribution in [0.1, 0.15) is 16.7 Å². The number of fused-ring (bicyclic) bond motifs is 1. The summed E-state index contributed by atoms with van der Waals surface area (Å²) in [5, 5.41) is 3.41. The van der Waals surface area contributed by atoms with E-state index in [2.05, 4.69) is 22.4 Å². The Labute approximate surface area is 168 Å². The Morgan fingerprint density at radius 2 is 1.89 bits per heavy atom. The van der Waals surface area contributed by atoms with Gasteiger partial charge in [0.15, 0.2) is 11.5 Å². The van der Waals surface area contributed by atoms with Crippen molar-refractivity contribution in [1.29, 1.82) is 0 Å². The largest absolute Gasteiger partial charge is 0.486 e. The molecule has 0 saturated heterocycles. The molecule has 0 unspecified atom stereocenters. The summed E-state index contributed by atoms with van der Waals surface area (Å²) in [5.41, 5.74) is 3.02. The van der Waals surface area contributed by atoms with Gasteiger partial charge in [0.05, 0.1) is 17.8 Å². The number of rotatable bonds is 6. The Hall–Kier alpha value is -2.99. The Morgan fingerprint density at radius 3 is 2.68 bits per heavy atom. The zero-order valence-electron chi connectivity index (χ0n) is 15.2. The van der Waals surface area contributed by atoms with E-state index in [0.29, 0.717) is 36.3 Å². The Bertz CT molecular complexity index is 956. The lowest BCUT2D eigenvalue weighted by molar-refractivity contribution is -0.120. The maximum atomic E-state index is 12.3. The van der Waals surface area contributed by atoms with Gasteiger partial charge in [0.2, 0.25) is 5.91 Å². The van der Waals surface area contributed by atoms with Gasteiger partial charge in [-0.05, 0) is 28.8 Å². The molecule has 1 aliphatic rings. The molecule has 144 valence electrons. The number of ether oxygens (including phenoxy) is 2. The summed E-state index contributed by atoms with van der Waals surface area (Å²) in [4.78, 5) is 16.3. The summed E-state index contributed by atoms with van der Waals surface area (Å²) >= 11 is 6.23. The molecule has 1 aliphatic heterocycles. The fourth-order valence-corrected chi connectivity index (χ4v) is 3.36. The Morgan fingerprint density at radius 1 is 1.11 bits per heavy atom. The summed E-state index contributed by atoms with van der Waals surface area (Å²) < 4.78 is 13.1. The minimum Gasteiger partial charge on any atom is -0.486 e. The van der Waals surface area contributed by atoms with Crippen molar-refractivity contribution in [1.82, 2.24) is 14.9 Å². The molecule has 0 saturated carbocycles. The molecule has 4 rings (SSSR count). The Kier molecular flexibility index (Phi) is 5.48. The predicted octanol–water partition coefficient (Wildman–Crippen LogP) is 3.21. The highest BCUT2D eigenvalue weighted by Gasteiger charge is 2.17. The highest BCUT2D eigenvalue weighted by Crippen LogP contribution is 2.38. The summed E-state index contributed by atoms with van der Waals surface area (Å²) in [6.45, 7) is 2.21. The van der Waals surface area contributed by atoms with Crippen LogP contribution >= 0.6 is 11.6 Å². The topological polar surface area (TPSA) is 65.4 Å². The number of amides is 1. The number of benzene rings is 2. The summed E-state index contributed by atoms with van der Waals surface area (Å²) in [6, 6.07) is 11.7. The molecule has 2 heterocycles. The van der Waals surface area contributed by atoms with Gasteiger partial charge < -0.3 is 19.4 Å². The SMILES string of the molecule is O=C(Cc1cc(Cl)c2c(c1)OCCO2)NCc1ccc(Cn2ccnc2)cc1. The van der Waals surface area contributed by atoms with Gasteiger partial charge in [-0.15, -0.1) is 0 Å². The molecule has 0 atom stereocenters. The summed E-state index contributed by atoms with van der Waals surface area (Å²) in [6.07, 6.45) is 5.71. The van der Waals surface area contributed by atoms with E-state index in [4.69, 9.17) is 21.1 Å². The van der Waals surface area contributed by atoms with E-state index in [0.717, 1.165) is 17.7 Å². The summed E-state index contributed by atoms with van der Waals surface area (Å²) in [5.74, 6) is 1.07. The van der Waals surface area contributed by atoms with Crippen LogP contribution in [0, 0.1) is 0 Å². The lowest BCUT2D eigenvalue weighted by atomic mass is 10.1. The first-order valence-corrected chi connectivity index (χ1v) is 9.43. The van der Waals surface area contributed by atoms with E-state index >= 15 is 0 Å². The fraction of sp³-hybridized carbons (Fsp3) is 0.238. The van der Waals surface area contributed by atoms with E-state index in [1.807, 2.05) is 29.0 Å². The quantitative estimate of drug-likeness (QED) is 0.693. The lowest BCUT2D eigenvalue weighted by Crippen LogP contribution is -2.24. The molecule has 1 N–H and O–H groups in total. The number of nitrogens with zero attached hydrogens (tertiary/aromatic N) is 2. The van der Waals surface area contributed by atoms with Gasteiger partial charge in [-0.1, -0.05) is 35.9 Å². The second-order valence-electron chi connectivity index (χ2n) is 6.61. The van der Waals surface area contributed by atoms with E-state index in [9.17, 15) is 4.79 Å². The van der Waals surface area contributed by atoms with Crippen molar-refractivity contribution in [2.24, 2.45) is 0 Å². The smallest absolute Gasteiger partial charge is 0.224 e. The summed E-state index contributed by atoms with van der Waals surface area (Å²) in [7, 11) is 0. The third-order valence-corrected chi connectivity index (χ3v) is 4.74. The lowest BCUT2D eigenvalue weighted by Gasteiger charge is -2.20. The first kappa shape index (κ1) is 18.4. The van der Waals surface area contributed by atoms with Gasteiger partial charge in [0, 0.05) is 25.5 Å². The third-order valence-electron chi connectivity index (χ3n) is 4.46. The van der Waals surface area contributed by atoms with Crippen molar-refractivity contribution in [3.05, 3.63) is 76.8 Å². The number of aromatic nitrogens is 2. The maximum absolute atomic E-state index is 12.3. The number of nitrogens with one attached hydrogen (secondary N) is 1. The van der Waals surface area contributed by atoms with Crippen LogP contribution in [0.2, 0.25) is 5.02 Å². The molecule has 0 bridgehead atoms. The van der Waals surface area contributed by atoms with E-state index in [1.54, 1.807) is 18.6 Å². The minimum atomic E-state index is -0.0739.